The highest BCUT2D eigenvalue weighted by Crippen LogP contribution is 2.34. The number of halogens is 2. The Balaban J connectivity index is 2.21. The maximum Gasteiger partial charge on any atom is 0.242 e. The number of nitrogens with zero attached hydrogens (tertiary/aromatic N) is 3. The van der Waals surface area contributed by atoms with E-state index in [4.69, 9.17) is 4.99 Å². The van der Waals surface area contributed by atoms with Gasteiger partial charge in [0.1, 0.15) is 5.84 Å². The van der Waals surface area contributed by atoms with Crippen molar-refractivity contribution in [2.24, 2.45) is 9.98 Å². The molecule has 0 bridgehead atoms. The van der Waals surface area contributed by atoms with Gasteiger partial charge in [-0.15, -0.1) is 0 Å². The van der Waals surface area contributed by atoms with E-state index in [0.717, 1.165) is 34.9 Å². The zero-order chi connectivity index (χ0) is 28.1. The minimum atomic E-state index is -2.41. The fraction of sp³-hybridized carbons (Fsp3) is 0.621. The first kappa shape index (κ1) is 32.0. The van der Waals surface area contributed by atoms with Gasteiger partial charge in [-0.25, -0.2) is 8.78 Å². The molecule has 0 saturated carbocycles. The fourth-order valence-electron chi connectivity index (χ4n) is 4.91. The third-order valence-corrected chi connectivity index (χ3v) is 7.98. The van der Waals surface area contributed by atoms with Crippen molar-refractivity contribution in [1.82, 2.24) is 10.2 Å². The Morgan fingerprint density at radius 2 is 2.11 bits per heavy atom. The topological polar surface area (TPSA) is 77.3 Å². The van der Waals surface area contributed by atoms with Crippen LogP contribution in [0, 0.1) is 0 Å². The third-order valence-electron chi connectivity index (χ3n) is 6.90. The Morgan fingerprint density at radius 3 is 2.71 bits per heavy atom. The van der Waals surface area contributed by atoms with E-state index >= 15 is 0 Å². The number of hydrogen-bond donors (Lipinski definition) is 2. The summed E-state index contributed by atoms with van der Waals surface area (Å²) in [4.78, 5) is 25.2. The first-order valence-electron chi connectivity index (χ1n) is 13.6. The van der Waals surface area contributed by atoms with Gasteiger partial charge in [-0.05, 0) is 51.0 Å². The number of allylic oxidation sites excluding steroid dienone is 4. The molecule has 0 aromatic rings. The van der Waals surface area contributed by atoms with Crippen LogP contribution in [0.25, 0.3) is 0 Å². The Kier molecular flexibility index (Phi) is 13.4. The quantitative estimate of drug-likeness (QED) is 0.231. The van der Waals surface area contributed by atoms with Crippen LogP contribution in [0.5, 0.6) is 0 Å². The SMILES string of the molecule is C/C=C\S/C(=C/C)C1=NCC(C(/C=C\CC(F)F)=N/C)=C2CC(NC(=O)CCCC(O)(CC)CCC)CN12. The van der Waals surface area contributed by atoms with Crippen LogP contribution >= 0.6 is 11.8 Å². The minimum absolute atomic E-state index is 0.0267. The molecule has 1 saturated heterocycles. The van der Waals surface area contributed by atoms with E-state index in [-0.39, 0.29) is 18.4 Å². The second kappa shape index (κ2) is 16.0. The highest BCUT2D eigenvalue weighted by atomic mass is 32.2. The van der Waals surface area contributed by atoms with Gasteiger partial charge in [0.15, 0.2) is 0 Å². The lowest BCUT2D eigenvalue weighted by molar-refractivity contribution is -0.122. The van der Waals surface area contributed by atoms with E-state index in [1.165, 1.54) is 6.08 Å². The largest absolute Gasteiger partial charge is 0.390 e. The van der Waals surface area contributed by atoms with Crippen molar-refractivity contribution in [3.63, 3.8) is 0 Å². The van der Waals surface area contributed by atoms with Crippen molar-refractivity contribution in [3.05, 3.63) is 45.9 Å². The van der Waals surface area contributed by atoms with Crippen LogP contribution in [0.2, 0.25) is 0 Å². The Bertz CT molecular complexity index is 987. The first-order valence-corrected chi connectivity index (χ1v) is 14.5. The third kappa shape index (κ3) is 9.19. The molecule has 0 radical (unpaired) electrons. The number of amidine groups is 1. The van der Waals surface area contributed by atoms with Crippen LogP contribution in [-0.2, 0) is 4.79 Å². The number of carbonyl (C=O) groups is 1. The molecule has 2 heterocycles. The van der Waals surface area contributed by atoms with Crippen LogP contribution < -0.4 is 5.32 Å². The lowest BCUT2D eigenvalue weighted by Crippen LogP contribution is -2.39. The summed E-state index contributed by atoms with van der Waals surface area (Å²) < 4.78 is 25.4. The van der Waals surface area contributed by atoms with E-state index in [2.05, 4.69) is 22.1 Å². The number of alkyl halides is 2. The summed E-state index contributed by atoms with van der Waals surface area (Å²) >= 11 is 1.59. The van der Waals surface area contributed by atoms with E-state index in [1.54, 1.807) is 24.9 Å². The first-order chi connectivity index (χ1) is 18.2. The predicted octanol–water partition coefficient (Wildman–Crippen LogP) is 6.41. The number of nitrogens with one attached hydrogen (secondary N) is 1. The number of rotatable bonds is 15. The molecule has 2 N–H and O–H groups in total. The van der Waals surface area contributed by atoms with E-state index in [9.17, 15) is 18.7 Å². The summed E-state index contributed by atoms with van der Waals surface area (Å²) in [5, 5.41) is 15.9. The van der Waals surface area contributed by atoms with Crippen LogP contribution in [0.15, 0.2) is 55.9 Å². The van der Waals surface area contributed by atoms with Gasteiger partial charge in [-0.1, -0.05) is 50.3 Å². The molecule has 0 spiro atoms. The number of hydrogen-bond acceptors (Lipinski definition) is 6. The predicted molar refractivity (Wildman–Crippen MR) is 156 cm³/mol. The van der Waals surface area contributed by atoms with Crippen molar-refractivity contribution < 1.29 is 18.7 Å². The molecule has 6 nitrogen and oxygen atoms in total. The number of aliphatic imine (C=N–C) groups is 2. The van der Waals surface area contributed by atoms with Gasteiger partial charge in [0.2, 0.25) is 12.3 Å². The average Bonchev–Trinajstić information content (AvgIpc) is 3.31. The van der Waals surface area contributed by atoms with Crippen LogP contribution in [0.1, 0.15) is 79.1 Å². The second-order valence-corrected chi connectivity index (χ2v) is 10.7. The Hall–Kier alpha value is -2.26. The molecule has 38 heavy (non-hydrogen) atoms. The number of thioether (sulfide) groups is 1. The van der Waals surface area contributed by atoms with E-state index in [1.807, 2.05) is 38.3 Å². The Labute approximate surface area is 231 Å². The molecular weight excluding hydrogens is 506 g/mol. The van der Waals surface area contributed by atoms with E-state index < -0.39 is 12.0 Å². The second-order valence-electron chi connectivity index (χ2n) is 9.70. The van der Waals surface area contributed by atoms with Crippen molar-refractivity contribution in [1.29, 1.82) is 0 Å². The van der Waals surface area contributed by atoms with Gasteiger partial charge in [-0.3, -0.25) is 14.8 Å². The number of carbonyl (C=O) groups excluding carboxylic acids is 1. The van der Waals surface area contributed by atoms with Crippen molar-refractivity contribution in [3.8, 4) is 0 Å². The molecule has 0 aliphatic carbocycles. The van der Waals surface area contributed by atoms with Crippen LogP contribution in [-0.4, -0.2) is 65.7 Å². The maximum absolute atomic E-state index is 12.8. The molecule has 2 aliphatic rings. The molecule has 0 aromatic heterocycles. The molecule has 2 rings (SSSR count). The summed E-state index contributed by atoms with van der Waals surface area (Å²) in [6.45, 7) is 8.96. The van der Waals surface area contributed by atoms with Gasteiger partial charge in [-0.2, -0.15) is 0 Å². The molecule has 2 atom stereocenters. The molecule has 9 heteroatoms. The smallest absolute Gasteiger partial charge is 0.242 e. The highest BCUT2D eigenvalue weighted by Gasteiger charge is 2.36. The van der Waals surface area contributed by atoms with Gasteiger partial charge >= 0.3 is 0 Å². The summed E-state index contributed by atoms with van der Waals surface area (Å²) in [5.41, 5.74) is 1.86. The lowest BCUT2D eigenvalue weighted by Gasteiger charge is -2.29. The normalized spacial score (nSPS) is 20.5. The highest BCUT2D eigenvalue weighted by molar-refractivity contribution is 8.06. The molecular formula is C29H44F2N4O2S. The minimum Gasteiger partial charge on any atom is -0.390 e. The maximum atomic E-state index is 12.8. The van der Waals surface area contributed by atoms with Gasteiger partial charge < -0.3 is 15.3 Å². The standard InChI is InChI=1S/C29H44F2N4O2S/c1-6-15-29(37,9-4)16-11-14-27(36)34-21-18-24-22(23(32-5)12-10-13-26(30)31)19-33-28(35(24)20-21)25(8-3)38-17-7-2/h7-8,10,12,17,21,26,37H,6,9,11,13-16,18-20H2,1-5H3,(H,34,36)/b12-10-,17-7-,25-8+,32-23+. The summed E-state index contributed by atoms with van der Waals surface area (Å²) in [5.74, 6) is 0.826. The van der Waals surface area contributed by atoms with Crippen LogP contribution in [0.4, 0.5) is 8.78 Å². The zero-order valence-corrected chi connectivity index (χ0v) is 24.3. The molecule has 2 unspecified atom stereocenters. The zero-order valence-electron chi connectivity index (χ0n) is 23.5. The molecule has 1 amide bonds. The fourth-order valence-corrected chi connectivity index (χ4v) is 5.61. The van der Waals surface area contributed by atoms with Gasteiger partial charge in [0.25, 0.3) is 0 Å². The molecule has 2 aliphatic heterocycles. The molecule has 1 fully saturated rings. The summed E-state index contributed by atoms with van der Waals surface area (Å²) in [6.07, 6.45) is 8.94. The van der Waals surface area contributed by atoms with Crippen molar-refractivity contribution >= 4 is 29.2 Å². The van der Waals surface area contributed by atoms with Gasteiger partial charge in [0, 0.05) is 49.0 Å². The number of fused-ring (bicyclic) bond motifs is 1. The number of amides is 1. The van der Waals surface area contributed by atoms with Crippen molar-refractivity contribution in [2.75, 3.05) is 20.1 Å². The van der Waals surface area contributed by atoms with Crippen molar-refractivity contribution in [2.45, 2.75) is 97.1 Å². The lowest BCUT2D eigenvalue weighted by atomic mass is 9.89. The van der Waals surface area contributed by atoms with E-state index in [0.29, 0.717) is 50.9 Å². The summed E-state index contributed by atoms with van der Waals surface area (Å²) in [7, 11) is 1.66. The average molecular weight is 551 g/mol. The summed E-state index contributed by atoms with van der Waals surface area (Å²) in [6, 6.07) is -0.107. The Morgan fingerprint density at radius 1 is 1.34 bits per heavy atom. The van der Waals surface area contributed by atoms with Crippen LogP contribution in [0.3, 0.4) is 0 Å². The molecule has 0 aromatic carbocycles. The monoisotopic (exact) mass is 550 g/mol. The van der Waals surface area contributed by atoms with Gasteiger partial charge in [0.05, 0.1) is 23.9 Å². The number of aliphatic hydroxyl groups is 1. The molecule has 212 valence electrons.